The molecule has 0 saturated carbocycles. The molecule has 1 heterocycles. The van der Waals surface area contributed by atoms with Gasteiger partial charge in [-0.1, -0.05) is 28.1 Å². The quantitative estimate of drug-likeness (QED) is 0.738. The first-order valence-electron chi connectivity index (χ1n) is 4.48. The summed E-state index contributed by atoms with van der Waals surface area (Å²) in [6, 6.07) is 6.25. The summed E-state index contributed by atoms with van der Waals surface area (Å²) in [4.78, 5) is 5.44. The molecule has 2 rings (SSSR count). The van der Waals surface area contributed by atoms with E-state index in [4.69, 9.17) is 11.6 Å². The lowest BCUT2D eigenvalue weighted by molar-refractivity contribution is 1.35. The molecule has 4 heteroatoms. The molecule has 0 saturated heterocycles. The van der Waals surface area contributed by atoms with Crippen molar-refractivity contribution in [2.45, 2.75) is 12.8 Å². The van der Waals surface area contributed by atoms with Gasteiger partial charge in [-0.2, -0.15) is 0 Å². The summed E-state index contributed by atoms with van der Waals surface area (Å²) in [6.07, 6.45) is 1.83. The first-order valence-corrected chi connectivity index (χ1v) is 6.62. The third-order valence-corrected chi connectivity index (χ3v) is 4.45. The van der Waals surface area contributed by atoms with Gasteiger partial charge in [-0.15, -0.1) is 22.9 Å². The number of benzene rings is 1. The Bertz CT molecular complexity index is 481. The maximum atomic E-state index is 5.75. The van der Waals surface area contributed by atoms with E-state index in [9.17, 15) is 0 Å². The summed E-state index contributed by atoms with van der Waals surface area (Å²) in [6.45, 7) is 2.07. The van der Waals surface area contributed by atoms with Crippen LogP contribution in [-0.2, 0) is 5.88 Å². The zero-order valence-electron chi connectivity index (χ0n) is 8.13. The Hall–Kier alpha value is -0.380. The first kappa shape index (κ1) is 11.1. The molecular weight excluding hydrogens is 294 g/mol. The van der Waals surface area contributed by atoms with Gasteiger partial charge >= 0.3 is 0 Å². The van der Waals surface area contributed by atoms with Crippen molar-refractivity contribution in [3.05, 3.63) is 39.3 Å². The van der Waals surface area contributed by atoms with Gasteiger partial charge in [0.1, 0.15) is 5.01 Å². The highest BCUT2D eigenvalue weighted by atomic mass is 79.9. The Labute approximate surface area is 106 Å². The van der Waals surface area contributed by atoms with Gasteiger partial charge in [0, 0.05) is 21.1 Å². The number of nitrogens with zero attached hydrogens (tertiary/aromatic N) is 1. The van der Waals surface area contributed by atoms with Gasteiger partial charge < -0.3 is 0 Å². The van der Waals surface area contributed by atoms with Crippen LogP contribution in [0.5, 0.6) is 0 Å². The minimum Gasteiger partial charge on any atom is -0.244 e. The summed E-state index contributed by atoms with van der Waals surface area (Å²) >= 11 is 10.9. The van der Waals surface area contributed by atoms with Crippen LogP contribution in [0.3, 0.4) is 0 Å². The van der Waals surface area contributed by atoms with Crippen molar-refractivity contribution >= 4 is 38.9 Å². The molecule has 1 aromatic heterocycles. The van der Waals surface area contributed by atoms with Crippen LogP contribution in [0.1, 0.15) is 10.4 Å². The van der Waals surface area contributed by atoms with Gasteiger partial charge in [-0.3, -0.25) is 0 Å². The molecule has 0 N–H and O–H groups in total. The van der Waals surface area contributed by atoms with Crippen molar-refractivity contribution < 1.29 is 0 Å². The second-order valence-electron chi connectivity index (χ2n) is 3.23. The number of rotatable bonds is 2. The molecular formula is C11H9BrClNS. The lowest BCUT2D eigenvalue weighted by Gasteiger charge is -2.00. The van der Waals surface area contributed by atoms with E-state index in [1.807, 2.05) is 6.20 Å². The molecule has 1 aromatic carbocycles. The number of aromatic nitrogens is 1. The molecule has 0 bridgehead atoms. The number of halogens is 2. The van der Waals surface area contributed by atoms with Crippen molar-refractivity contribution in [3.8, 4) is 10.6 Å². The summed E-state index contributed by atoms with van der Waals surface area (Å²) in [5.74, 6) is 0.532. The van der Waals surface area contributed by atoms with E-state index in [1.54, 1.807) is 11.3 Å². The highest BCUT2D eigenvalue weighted by Crippen LogP contribution is 2.29. The molecule has 0 amide bonds. The molecule has 0 aliphatic carbocycles. The molecule has 0 aliphatic heterocycles. The van der Waals surface area contributed by atoms with E-state index in [0.29, 0.717) is 5.88 Å². The number of hydrogen-bond acceptors (Lipinski definition) is 2. The smallest absolute Gasteiger partial charge is 0.123 e. The summed E-state index contributed by atoms with van der Waals surface area (Å²) in [7, 11) is 0. The molecule has 0 spiro atoms. The predicted molar refractivity (Wildman–Crippen MR) is 69.5 cm³/mol. The topological polar surface area (TPSA) is 12.9 Å². The lowest BCUT2D eigenvalue weighted by atomic mass is 10.2. The van der Waals surface area contributed by atoms with E-state index < -0.39 is 0 Å². The average molecular weight is 303 g/mol. The zero-order chi connectivity index (χ0) is 10.8. The Kier molecular flexibility index (Phi) is 3.44. The summed E-state index contributed by atoms with van der Waals surface area (Å²) in [5.41, 5.74) is 2.36. The molecule has 0 unspecified atom stereocenters. The van der Waals surface area contributed by atoms with Crippen LogP contribution in [0.25, 0.3) is 10.6 Å². The summed E-state index contributed by atoms with van der Waals surface area (Å²) in [5, 5.41) is 1.02. The maximum absolute atomic E-state index is 5.75. The SMILES string of the molecule is Cc1ccc(-c2ncc(CCl)s2)cc1Br. The van der Waals surface area contributed by atoms with E-state index in [2.05, 4.69) is 46.0 Å². The van der Waals surface area contributed by atoms with Crippen LogP contribution >= 0.6 is 38.9 Å². The van der Waals surface area contributed by atoms with Crippen LogP contribution in [0.15, 0.2) is 28.9 Å². The number of alkyl halides is 1. The van der Waals surface area contributed by atoms with E-state index in [0.717, 1.165) is 19.9 Å². The lowest BCUT2D eigenvalue weighted by Crippen LogP contribution is -1.78. The van der Waals surface area contributed by atoms with Crippen LogP contribution < -0.4 is 0 Å². The van der Waals surface area contributed by atoms with Crippen molar-refractivity contribution in [3.63, 3.8) is 0 Å². The largest absolute Gasteiger partial charge is 0.244 e. The van der Waals surface area contributed by atoms with Gasteiger partial charge in [-0.05, 0) is 18.6 Å². The van der Waals surface area contributed by atoms with Crippen LogP contribution in [0.2, 0.25) is 0 Å². The Morgan fingerprint density at radius 1 is 1.47 bits per heavy atom. The van der Waals surface area contributed by atoms with Crippen LogP contribution in [0, 0.1) is 6.92 Å². The summed E-state index contributed by atoms with van der Waals surface area (Å²) < 4.78 is 1.11. The second-order valence-corrected chi connectivity index (χ2v) is 5.47. The maximum Gasteiger partial charge on any atom is 0.123 e. The van der Waals surface area contributed by atoms with Gasteiger partial charge in [0.15, 0.2) is 0 Å². The van der Waals surface area contributed by atoms with E-state index >= 15 is 0 Å². The number of thiazole rings is 1. The molecule has 15 heavy (non-hydrogen) atoms. The molecule has 0 atom stereocenters. The minimum atomic E-state index is 0.532. The van der Waals surface area contributed by atoms with E-state index in [1.165, 1.54) is 5.56 Å². The Morgan fingerprint density at radius 2 is 2.27 bits per heavy atom. The first-order chi connectivity index (χ1) is 7.20. The molecule has 2 aromatic rings. The highest BCUT2D eigenvalue weighted by Gasteiger charge is 2.05. The van der Waals surface area contributed by atoms with Crippen molar-refractivity contribution in [1.82, 2.24) is 4.98 Å². The van der Waals surface area contributed by atoms with Crippen molar-refractivity contribution in [2.24, 2.45) is 0 Å². The monoisotopic (exact) mass is 301 g/mol. The minimum absolute atomic E-state index is 0.532. The molecule has 0 radical (unpaired) electrons. The zero-order valence-corrected chi connectivity index (χ0v) is 11.3. The normalized spacial score (nSPS) is 10.6. The standard InChI is InChI=1S/C11H9BrClNS/c1-7-2-3-8(4-10(7)12)11-14-6-9(5-13)15-11/h2-4,6H,5H2,1H3. The molecule has 78 valence electrons. The molecule has 1 nitrogen and oxygen atoms in total. The number of hydrogen-bond donors (Lipinski definition) is 0. The fourth-order valence-electron chi connectivity index (χ4n) is 1.23. The second kappa shape index (κ2) is 4.64. The van der Waals surface area contributed by atoms with Gasteiger partial charge in [0.05, 0.1) is 5.88 Å². The fraction of sp³-hybridized carbons (Fsp3) is 0.182. The number of aryl methyl sites for hydroxylation is 1. The van der Waals surface area contributed by atoms with Crippen LogP contribution in [0.4, 0.5) is 0 Å². The average Bonchev–Trinajstić information content (AvgIpc) is 2.70. The fourth-order valence-corrected chi connectivity index (χ4v) is 2.60. The van der Waals surface area contributed by atoms with Crippen molar-refractivity contribution in [2.75, 3.05) is 0 Å². The van der Waals surface area contributed by atoms with Gasteiger partial charge in [-0.25, -0.2) is 4.98 Å². The Balaban J connectivity index is 2.40. The third kappa shape index (κ3) is 2.41. The van der Waals surface area contributed by atoms with Crippen molar-refractivity contribution in [1.29, 1.82) is 0 Å². The third-order valence-electron chi connectivity index (χ3n) is 2.10. The molecule has 0 aliphatic rings. The molecule has 0 fully saturated rings. The Morgan fingerprint density at radius 3 is 2.87 bits per heavy atom. The van der Waals surface area contributed by atoms with Crippen LogP contribution in [-0.4, -0.2) is 4.98 Å². The highest BCUT2D eigenvalue weighted by molar-refractivity contribution is 9.10. The van der Waals surface area contributed by atoms with Gasteiger partial charge in [0.2, 0.25) is 0 Å². The van der Waals surface area contributed by atoms with Gasteiger partial charge in [0.25, 0.3) is 0 Å². The predicted octanol–water partition coefficient (Wildman–Crippen LogP) is 4.62. The van der Waals surface area contributed by atoms with E-state index in [-0.39, 0.29) is 0 Å².